The Kier molecular flexibility index (Phi) is 8.95. The largest absolute Gasteiger partial charge is 0.463 e. The van der Waals surface area contributed by atoms with Gasteiger partial charge in [0.25, 0.3) is 0 Å². The van der Waals surface area contributed by atoms with Crippen molar-refractivity contribution in [3.63, 3.8) is 0 Å². The number of rotatable bonds is 9. The predicted octanol–water partition coefficient (Wildman–Crippen LogP) is 5.40. The Hall–Kier alpha value is -1.19. The maximum atomic E-state index is 11.4. The van der Waals surface area contributed by atoms with Crippen molar-refractivity contribution in [2.75, 3.05) is 6.61 Å². The van der Waals surface area contributed by atoms with Crippen LogP contribution in [-0.4, -0.2) is 12.6 Å². The monoisotopic (exact) mass is 330 g/mol. The molecule has 1 aromatic carbocycles. The molecule has 0 amide bonds. The summed E-state index contributed by atoms with van der Waals surface area (Å²) in [6.07, 6.45) is 8.08. The summed E-state index contributed by atoms with van der Waals surface area (Å²) in [5.41, 5.74) is 0. The van der Waals surface area contributed by atoms with Crippen LogP contribution in [0.5, 0.6) is 5.75 Å². The van der Waals surface area contributed by atoms with Gasteiger partial charge in [-0.2, -0.15) is 0 Å². The molecule has 1 aromatic rings. The SMILES string of the molecule is CCCCCCCOC(=O)/C=C/Oc1ccc(Cl)cc1Cl. The first kappa shape index (κ1) is 17.9. The number of ether oxygens (including phenoxy) is 2. The third kappa shape index (κ3) is 7.98. The van der Waals surface area contributed by atoms with Gasteiger partial charge in [-0.25, -0.2) is 4.79 Å². The molecule has 0 radical (unpaired) electrons. The Morgan fingerprint density at radius 2 is 1.95 bits per heavy atom. The highest BCUT2D eigenvalue weighted by molar-refractivity contribution is 6.35. The zero-order valence-corrected chi connectivity index (χ0v) is 13.6. The Labute approximate surface area is 135 Å². The fraction of sp³-hybridized carbons (Fsp3) is 0.438. The summed E-state index contributed by atoms with van der Waals surface area (Å²) in [7, 11) is 0. The average Bonchev–Trinajstić information content (AvgIpc) is 2.45. The van der Waals surface area contributed by atoms with Crippen LogP contribution >= 0.6 is 23.2 Å². The third-order valence-electron chi connectivity index (χ3n) is 2.79. The van der Waals surface area contributed by atoms with Gasteiger partial charge in [0, 0.05) is 5.02 Å². The van der Waals surface area contributed by atoms with E-state index in [0.29, 0.717) is 22.4 Å². The molecule has 0 aliphatic heterocycles. The van der Waals surface area contributed by atoms with Crippen molar-refractivity contribution in [2.45, 2.75) is 39.0 Å². The van der Waals surface area contributed by atoms with E-state index in [-0.39, 0.29) is 0 Å². The van der Waals surface area contributed by atoms with Crippen LogP contribution in [-0.2, 0) is 9.53 Å². The van der Waals surface area contributed by atoms with Crippen LogP contribution in [0.2, 0.25) is 10.0 Å². The summed E-state index contributed by atoms with van der Waals surface area (Å²) in [6, 6.07) is 4.86. The number of carbonyl (C=O) groups is 1. The van der Waals surface area contributed by atoms with Gasteiger partial charge in [0.2, 0.25) is 0 Å². The van der Waals surface area contributed by atoms with Crippen molar-refractivity contribution < 1.29 is 14.3 Å². The zero-order valence-electron chi connectivity index (χ0n) is 12.1. The molecule has 0 aliphatic carbocycles. The first-order chi connectivity index (χ1) is 10.1. The number of hydrogen-bond donors (Lipinski definition) is 0. The van der Waals surface area contributed by atoms with Crippen LogP contribution in [0.4, 0.5) is 0 Å². The smallest absolute Gasteiger partial charge is 0.333 e. The third-order valence-corrected chi connectivity index (χ3v) is 3.32. The van der Waals surface area contributed by atoms with Gasteiger partial charge in [-0.05, 0) is 24.6 Å². The van der Waals surface area contributed by atoms with E-state index in [1.165, 1.54) is 31.6 Å². The topological polar surface area (TPSA) is 35.5 Å². The van der Waals surface area contributed by atoms with Crippen LogP contribution in [0.15, 0.2) is 30.5 Å². The summed E-state index contributed by atoms with van der Waals surface area (Å²) >= 11 is 11.7. The fourth-order valence-corrected chi connectivity index (χ4v) is 2.11. The molecular weight excluding hydrogens is 311 g/mol. The lowest BCUT2D eigenvalue weighted by molar-refractivity contribution is -0.137. The summed E-state index contributed by atoms with van der Waals surface area (Å²) in [6.45, 7) is 2.60. The standard InChI is InChI=1S/C16H20Cl2O3/c1-2-3-4-5-6-10-21-16(19)9-11-20-15-8-7-13(17)12-14(15)18/h7-9,11-12H,2-6,10H2,1H3/b11-9+. The maximum absolute atomic E-state index is 11.4. The predicted molar refractivity (Wildman–Crippen MR) is 85.9 cm³/mol. The molecule has 5 heteroatoms. The number of hydrogen-bond acceptors (Lipinski definition) is 3. The zero-order chi connectivity index (χ0) is 15.5. The number of benzene rings is 1. The molecule has 0 bridgehead atoms. The molecular formula is C16H20Cl2O3. The Morgan fingerprint density at radius 3 is 2.67 bits per heavy atom. The van der Waals surface area contributed by atoms with E-state index in [2.05, 4.69) is 6.92 Å². The van der Waals surface area contributed by atoms with Crippen LogP contribution < -0.4 is 4.74 Å². The Balaban J connectivity index is 2.22. The summed E-state index contributed by atoms with van der Waals surface area (Å²) in [4.78, 5) is 11.4. The maximum Gasteiger partial charge on any atom is 0.333 e. The average molecular weight is 331 g/mol. The fourth-order valence-electron chi connectivity index (χ4n) is 1.66. The summed E-state index contributed by atoms with van der Waals surface area (Å²) in [5, 5.41) is 0.912. The normalized spacial score (nSPS) is 10.8. The molecule has 0 atom stereocenters. The minimum atomic E-state index is -0.421. The van der Waals surface area contributed by atoms with Crippen LogP contribution in [0.3, 0.4) is 0 Å². The number of unbranched alkanes of at least 4 members (excludes halogenated alkanes) is 4. The van der Waals surface area contributed by atoms with Gasteiger partial charge in [-0.3, -0.25) is 0 Å². The van der Waals surface area contributed by atoms with Crippen molar-refractivity contribution in [3.05, 3.63) is 40.6 Å². The molecule has 0 N–H and O–H groups in total. The van der Waals surface area contributed by atoms with Crippen molar-refractivity contribution >= 4 is 29.2 Å². The second-order valence-electron chi connectivity index (χ2n) is 4.58. The van der Waals surface area contributed by atoms with Gasteiger partial charge in [-0.1, -0.05) is 55.8 Å². The van der Waals surface area contributed by atoms with Gasteiger partial charge < -0.3 is 9.47 Å². The summed E-state index contributed by atoms with van der Waals surface area (Å²) in [5.74, 6) is 0.0141. The Bertz CT molecular complexity index is 473. The molecule has 0 fully saturated rings. The van der Waals surface area contributed by atoms with E-state index >= 15 is 0 Å². The molecule has 3 nitrogen and oxygen atoms in total. The molecule has 0 aromatic heterocycles. The molecule has 0 heterocycles. The molecule has 0 unspecified atom stereocenters. The van der Waals surface area contributed by atoms with Crippen molar-refractivity contribution in [1.82, 2.24) is 0 Å². The minimum absolute atomic E-state index is 0.386. The lowest BCUT2D eigenvalue weighted by Gasteiger charge is -2.03. The number of carbonyl (C=O) groups excluding carboxylic acids is 1. The minimum Gasteiger partial charge on any atom is -0.463 e. The molecule has 0 saturated heterocycles. The van der Waals surface area contributed by atoms with Crippen molar-refractivity contribution in [1.29, 1.82) is 0 Å². The van der Waals surface area contributed by atoms with E-state index in [0.717, 1.165) is 12.8 Å². The molecule has 21 heavy (non-hydrogen) atoms. The van der Waals surface area contributed by atoms with E-state index in [4.69, 9.17) is 32.7 Å². The quantitative estimate of drug-likeness (QED) is 0.263. The van der Waals surface area contributed by atoms with Crippen LogP contribution in [0, 0.1) is 0 Å². The second kappa shape index (κ2) is 10.5. The molecule has 0 aliphatic rings. The van der Waals surface area contributed by atoms with Gasteiger partial charge in [0.1, 0.15) is 5.75 Å². The summed E-state index contributed by atoms with van der Waals surface area (Å²) < 4.78 is 10.3. The van der Waals surface area contributed by atoms with Gasteiger partial charge >= 0.3 is 5.97 Å². The number of esters is 1. The van der Waals surface area contributed by atoms with E-state index in [1.54, 1.807) is 18.2 Å². The first-order valence-electron chi connectivity index (χ1n) is 7.08. The van der Waals surface area contributed by atoms with E-state index in [9.17, 15) is 4.79 Å². The molecule has 0 spiro atoms. The highest BCUT2D eigenvalue weighted by Crippen LogP contribution is 2.27. The van der Waals surface area contributed by atoms with Gasteiger partial charge in [-0.15, -0.1) is 0 Å². The number of halogens is 2. The van der Waals surface area contributed by atoms with Crippen molar-refractivity contribution in [2.24, 2.45) is 0 Å². The lowest BCUT2D eigenvalue weighted by Crippen LogP contribution is -2.02. The molecule has 0 saturated carbocycles. The van der Waals surface area contributed by atoms with E-state index < -0.39 is 5.97 Å². The van der Waals surface area contributed by atoms with Crippen LogP contribution in [0.25, 0.3) is 0 Å². The first-order valence-corrected chi connectivity index (χ1v) is 7.84. The molecule has 116 valence electrons. The van der Waals surface area contributed by atoms with E-state index in [1.807, 2.05) is 0 Å². The van der Waals surface area contributed by atoms with Gasteiger partial charge in [0.05, 0.1) is 24.0 Å². The molecule has 1 rings (SSSR count). The van der Waals surface area contributed by atoms with Crippen LogP contribution in [0.1, 0.15) is 39.0 Å². The highest BCUT2D eigenvalue weighted by atomic mass is 35.5. The van der Waals surface area contributed by atoms with Gasteiger partial charge in [0.15, 0.2) is 0 Å². The lowest BCUT2D eigenvalue weighted by atomic mass is 10.2. The van der Waals surface area contributed by atoms with Crippen molar-refractivity contribution in [3.8, 4) is 5.75 Å². The second-order valence-corrected chi connectivity index (χ2v) is 5.42. The Morgan fingerprint density at radius 1 is 1.19 bits per heavy atom. The highest BCUT2D eigenvalue weighted by Gasteiger charge is 2.01.